The standard InChI is InChI=1S/C17H13BrFNO4/c1-24-17(23)15(13-7-11(19)4-5-14(13)21)20-8-9-2-3-10(18)6-12(9)16(20)22/h2-7,15,21H,8H2,1H3. The molecule has 2 aromatic carbocycles. The molecule has 2 aromatic rings. The van der Waals surface area contributed by atoms with Gasteiger partial charge >= 0.3 is 5.97 Å². The number of benzene rings is 2. The number of phenolic OH excluding ortho intramolecular Hbond substituents is 1. The molecule has 0 radical (unpaired) electrons. The zero-order chi connectivity index (χ0) is 17.4. The van der Waals surface area contributed by atoms with Crippen LogP contribution in [0.15, 0.2) is 40.9 Å². The van der Waals surface area contributed by atoms with E-state index >= 15 is 0 Å². The van der Waals surface area contributed by atoms with Gasteiger partial charge in [-0.3, -0.25) is 4.79 Å². The summed E-state index contributed by atoms with van der Waals surface area (Å²) in [6, 6.07) is 7.25. The minimum atomic E-state index is -1.23. The second kappa shape index (κ2) is 6.24. The molecule has 1 aliphatic rings. The number of rotatable bonds is 3. The van der Waals surface area contributed by atoms with Crippen molar-refractivity contribution < 1.29 is 23.8 Å². The van der Waals surface area contributed by atoms with Crippen LogP contribution in [0.3, 0.4) is 0 Å². The molecular weight excluding hydrogens is 381 g/mol. The summed E-state index contributed by atoms with van der Waals surface area (Å²) in [7, 11) is 1.18. The van der Waals surface area contributed by atoms with Crippen LogP contribution >= 0.6 is 15.9 Å². The molecule has 5 nitrogen and oxygen atoms in total. The molecule has 1 unspecified atom stereocenters. The second-order valence-corrected chi connectivity index (χ2v) is 6.28. The van der Waals surface area contributed by atoms with E-state index in [0.29, 0.717) is 5.56 Å². The van der Waals surface area contributed by atoms with Crippen LogP contribution < -0.4 is 0 Å². The zero-order valence-corrected chi connectivity index (χ0v) is 14.2. The average molecular weight is 394 g/mol. The van der Waals surface area contributed by atoms with Gasteiger partial charge in [0, 0.05) is 22.1 Å². The van der Waals surface area contributed by atoms with Crippen molar-refractivity contribution in [3.05, 3.63) is 63.4 Å². The van der Waals surface area contributed by atoms with Gasteiger partial charge in [-0.15, -0.1) is 0 Å². The highest BCUT2D eigenvalue weighted by molar-refractivity contribution is 9.10. The number of esters is 1. The first-order valence-corrected chi connectivity index (χ1v) is 7.87. The lowest BCUT2D eigenvalue weighted by molar-refractivity contribution is -0.146. The summed E-state index contributed by atoms with van der Waals surface area (Å²) in [4.78, 5) is 26.2. The normalized spacial score (nSPS) is 14.5. The molecule has 0 bridgehead atoms. The van der Waals surface area contributed by atoms with Crippen LogP contribution in [0.4, 0.5) is 4.39 Å². The second-order valence-electron chi connectivity index (χ2n) is 5.36. The summed E-state index contributed by atoms with van der Waals surface area (Å²) in [6.45, 7) is 0.164. The van der Waals surface area contributed by atoms with Crippen molar-refractivity contribution in [3.63, 3.8) is 0 Å². The highest BCUT2D eigenvalue weighted by atomic mass is 79.9. The topological polar surface area (TPSA) is 66.8 Å². The Balaban J connectivity index is 2.07. The number of fused-ring (bicyclic) bond motifs is 1. The van der Waals surface area contributed by atoms with Crippen LogP contribution in [-0.4, -0.2) is 29.0 Å². The molecule has 0 aromatic heterocycles. The molecule has 0 spiro atoms. The van der Waals surface area contributed by atoms with E-state index in [2.05, 4.69) is 15.9 Å². The Labute approximate surface area is 145 Å². The van der Waals surface area contributed by atoms with Gasteiger partial charge in [0.05, 0.1) is 7.11 Å². The Morgan fingerprint density at radius 3 is 2.79 bits per heavy atom. The van der Waals surface area contributed by atoms with E-state index in [1.165, 1.54) is 12.0 Å². The average Bonchev–Trinajstić information content (AvgIpc) is 2.87. The predicted octanol–water partition coefficient (Wildman–Crippen LogP) is 3.16. The molecule has 124 valence electrons. The number of amides is 1. The van der Waals surface area contributed by atoms with Crippen LogP contribution in [0, 0.1) is 5.82 Å². The number of ether oxygens (including phenoxy) is 1. The molecule has 0 aliphatic carbocycles. The van der Waals surface area contributed by atoms with E-state index in [9.17, 15) is 19.1 Å². The molecule has 0 saturated heterocycles. The summed E-state index contributed by atoms with van der Waals surface area (Å²) < 4.78 is 19.1. The summed E-state index contributed by atoms with van der Waals surface area (Å²) in [5, 5.41) is 10.0. The minimum absolute atomic E-state index is 0.0120. The summed E-state index contributed by atoms with van der Waals surface area (Å²) in [5.74, 6) is -2.04. The van der Waals surface area contributed by atoms with Crippen LogP contribution in [0.25, 0.3) is 0 Å². The quantitative estimate of drug-likeness (QED) is 0.813. The van der Waals surface area contributed by atoms with Gasteiger partial charge in [-0.25, -0.2) is 9.18 Å². The number of halogens is 2. The Morgan fingerprint density at radius 2 is 2.08 bits per heavy atom. The number of nitrogens with zero attached hydrogens (tertiary/aromatic N) is 1. The third kappa shape index (κ3) is 2.75. The first-order valence-electron chi connectivity index (χ1n) is 7.08. The van der Waals surface area contributed by atoms with Gasteiger partial charge in [-0.1, -0.05) is 22.0 Å². The fourth-order valence-corrected chi connectivity index (χ4v) is 3.14. The number of hydrogen-bond acceptors (Lipinski definition) is 4. The van der Waals surface area contributed by atoms with E-state index < -0.39 is 17.8 Å². The van der Waals surface area contributed by atoms with E-state index in [1.54, 1.807) is 18.2 Å². The molecule has 1 aliphatic heterocycles. The Kier molecular flexibility index (Phi) is 4.28. The first-order chi connectivity index (χ1) is 11.4. The van der Waals surface area contributed by atoms with Gasteiger partial charge in [-0.05, 0) is 35.9 Å². The fourth-order valence-electron chi connectivity index (χ4n) is 2.78. The number of phenols is 1. The molecule has 1 atom stereocenters. The molecule has 1 heterocycles. The third-order valence-corrected chi connectivity index (χ3v) is 4.42. The number of carbonyl (C=O) groups is 2. The van der Waals surface area contributed by atoms with Gasteiger partial charge < -0.3 is 14.7 Å². The Morgan fingerprint density at radius 1 is 1.33 bits per heavy atom. The zero-order valence-electron chi connectivity index (χ0n) is 12.6. The smallest absolute Gasteiger partial charge is 0.333 e. The summed E-state index contributed by atoms with van der Waals surface area (Å²) in [5.41, 5.74) is 1.18. The van der Waals surface area contributed by atoms with Crippen LogP contribution in [0.5, 0.6) is 5.75 Å². The maximum absolute atomic E-state index is 13.6. The van der Waals surface area contributed by atoms with Gasteiger partial charge in [-0.2, -0.15) is 0 Å². The first kappa shape index (κ1) is 16.4. The molecular formula is C17H13BrFNO4. The fraction of sp³-hybridized carbons (Fsp3) is 0.176. The van der Waals surface area contributed by atoms with E-state index in [-0.39, 0.29) is 23.8 Å². The van der Waals surface area contributed by atoms with Gasteiger partial charge in [0.25, 0.3) is 5.91 Å². The SMILES string of the molecule is COC(=O)C(c1cc(F)ccc1O)N1Cc2ccc(Br)cc2C1=O. The highest BCUT2D eigenvalue weighted by Gasteiger charge is 2.39. The van der Waals surface area contributed by atoms with E-state index in [1.807, 2.05) is 0 Å². The van der Waals surface area contributed by atoms with Crippen molar-refractivity contribution in [2.45, 2.75) is 12.6 Å². The third-order valence-electron chi connectivity index (χ3n) is 3.92. The number of methoxy groups -OCH3 is 1. The summed E-state index contributed by atoms with van der Waals surface area (Å²) >= 11 is 3.31. The lowest BCUT2D eigenvalue weighted by atomic mass is 10.0. The monoisotopic (exact) mass is 393 g/mol. The van der Waals surface area contributed by atoms with Crippen molar-refractivity contribution >= 4 is 27.8 Å². The molecule has 1 amide bonds. The molecule has 7 heteroatoms. The van der Waals surface area contributed by atoms with Crippen molar-refractivity contribution in [1.29, 1.82) is 0 Å². The largest absolute Gasteiger partial charge is 0.508 e. The van der Waals surface area contributed by atoms with Crippen LogP contribution in [-0.2, 0) is 16.1 Å². The maximum Gasteiger partial charge on any atom is 0.333 e. The Bertz CT molecular complexity index is 839. The minimum Gasteiger partial charge on any atom is -0.508 e. The molecule has 0 fully saturated rings. The summed E-state index contributed by atoms with van der Waals surface area (Å²) in [6.07, 6.45) is 0. The Hall–Kier alpha value is -2.41. The predicted molar refractivity (Wildman–Crippen MR) is 86.8 cm³/mol. The number of aromatic hydroxyl groups is 1. The highest BCUT2D eigenvalue weighted by Crippen LogP contribution is 2.36. The maximum atomic E-state index is 13.6. The number of carbonyl (C=O) groups excluding carboxylic acids is 2. The molecule has 1 N–H and O–H groups in total. The molecule has 24 heavy (non-hydrogen) atoms. The van der Waals surface area contributed by atoms with Crippen molar-refractivity contribution in [3.8, 4) is 5.75 Å². The van der Waals surface area contributed by atoms with Crippen molar-refractivity contribution in [1.82, 2.24) is 4.90 Å². The lowest BCUT2D eigenvalue weighted by Gasteiger charge is -2.26. The van der Waals surface area contributed by atoms with E-state index in [0.717, 1.165) is 28.2 Å². The van der Waals surface area contributed by atoms with E-state index in [4.69, 9.17) is 4.74 Å². The molecule has 3 rings (SSSR count). The van der Waals surface area contributed by atoms with Crippen LogP contribution in [0.1, 0.15) is 27.5 Å². The lowest BCUT2D eigenvalue weighted by Crippen LogP contribution is -2.35. The van der Waals surface area contributed by atoms with Gasteiger partial charge in [0.1, 0.15) is 11.6 Å². The van der Waals surface area contributed by atoms with Crippen molar-refractivity contribution in [2.24, 2.45) is 0 Å². The van der Waals surface area contributed by atoms with Gasteiger partial charge in [0.2, 0.25) is 0 Å². The van der Waals surface area contributed by atoms with Crippen LogP contribution in [0.2, 0.25) is 0 Å². The van der Waals surface area contributed by atoms with Gasteiger partial charge in [0.15, 0.2) is 6.04 Å². The number of hydrogen-bond donors (Lipinski definition) is 1. The van der Waals surface area contributed by atoms with Crippen molar-refractivity contribution in [2.75, 3.05) is 7.11 Å². The molecule has 0 saturated carbocycles.